The van der Waals surface area contributed by atoms with Gasteiger partial charge in [-0.15, -0.1) is 0 Å². The predicted octanol–water partition coefficient (Wildman–Crippen LogP) is 1.96. The number of nitrogens with two attached hydrogens (primary N) is 1. The molecule has 3 heteroatoms. The van der Waals surface area contributed by atoms with Gasteiger partial charge in [-0.25, -0.2) is 5.90 Å². The lowest BCUT2D eigenvalue weighted by molar-refractivity contribution is 0.0664. The van der Waals surface area contributed by atoms with Crippen LogP contribution in [0.4, 0.5) is 0 Å². The van der Waals surface area contributed by atoms with Crippen LogP contribution in [0.25, 0.3) is 0 Å². The molecule has 76 valence electrons. The largest absolute Gasteiger partial charge is 0.490 e. The molecular weight excluding hydrogens is 178 g/mol. The highest BCUT2D eigenvalue weighted by Crippen LogP contribution is 2.31. The molecule has 1 aromatic carbocycles. The molecule has 0 saturated carbocycles. The van der Waals surface area contributed by atoms with Gasteiger partial charge in [-0.3, -0.25) is 4.84 Å². The first kappa shape index (κ1) is 9.49. The van der Waals surface area contributed by atoms with Gasteiger partial charge >= 0.3 is 0 Å². The average molecular weight is 193 g/mol. The van der Waals surface area contributed by atoms with Gasteiger partial charge in [-0.05, 0) is 37.1 Å². The molecule has 3 nitrogen and oxygen atoms in total. The summed E-state index contributed by atoms with van der Waals surface area (Å²) >= 11 is 0. The fourth-order valence-electron chi connectivity index (χ4n) is 1.77. The van der Waals surface area contributed by atoms with Crippen molar-refractivity contribution in [1.82, 2.24) is 0 Å². The molecule has 0 spiro atoms. The molecule has 0 aliphatic carbocycles. The molecular formula is C11H15NO2. The summed E-state index contributed by atoms with van der Waals surface area (Å²) in [5.74, 6) is 6.14. The Labute approximate surface area is 83.8 Å². The quantitative estimate of drug-likeness (QED) is 0.730. The van der Waals surface area contributed by atoms with E-state index in [0.29, 0.717) is 0 Å². The summed E-state index contributed by atoms with van der Waals surface area (Å²) in [7, 11) is 0. The van der Waals surface area contributed by atoms with E-state index < -0.39 is 0 Å². The number of hydrogen-bond donors (Lipinski definition) is 1. The van der Waals surface area contributed by atoms with Crippen molar-refractivity contribution in [3.8, 4) is 5.75 Å². The Morgan fingerprint density at radius 1 is 1.57 bits per heavy atom. The Morgan fingerprint density at radius 2 is 2.36 bits per heavy atom. The standard InChI is InChI=1S/C11H15NO2/c1-7-5-10-6-9(8(2)14-12)3-4-11(10)13-7/h3-4,6-8H,5,12H2,1-2H3. The third kappa shape index (κ3) is 1.61. The number of rotatable bonds is 2. The van der Waals surface area contributed by atoms with Crippen molar-refractivity contribution in [3.05, 3.63) is 29.3 Å². The van der Waals surface area contributed by atoms with Gasteiger partial charge in [0.05, 0.1) is 0 Å². The van der Waals surface area contributed by atoms with E-state index in [1.165, 1.54) is 5.56 Å². The minimum Gasteiger partial charge on any atom is -0.490 e. The van der Waals surface area contributed by atoms with Crippen molar-refractivity contribution in [1.29, 1.82) is 0 Å². The first-order chi connectivity index (χ1) is 6.70. The van der Waals surface area contributed by atoms with Crippen LogP contribution in [0.1, 0.15) is 31.1 Å². The number of ether oxygens (including phenoxy) is 1. The van der Waals surface area contributed by atoms with Crippen LogP contribution in [-0.2, 0) is 11.3 Å². The lowest BCUT2D eigenvalue weighted by Gasteiger charge is -2.09. The van der Waals surface area contributed by atoms with Crippen LogP contribution in [-0.4, -0.2) is 6.10 Å². The van der Waals surface area contributed by atoms with E-state index in [-0.39, 0.29) is 12.2 Å². The van der Waals surface area contributed by atoms with Gasteiger partial charge in [0.25, 0.3) is 0 Å². The third-order valence-electron chi connectivity index (χ3n) is 2.59. The normalized spacial score (nSPS) is 21.5. The van der Waals surface area contributed by atoms with Crippen molar-refractivity contribution in [3.63, 3.8) is 0 Å². The zero-order valence-electron chi connectivity index (χ0n) is 8.49. The van der Waals surface area contributed by atoms with Crippen molar-refractivity contribution < 1.29 is 9.57 Å². The van der Waals surface area contributed by atoms with Crippen LogP contribution in [0.2, 0.25) is 0 Å². The topological polar surface area (TPSA) is 44.5 Å². The first-order valence-electron chi connectivity index (χ1n) is 4.85. The summed E-state index contributed by atoms with van der Waals surface area (Å²) < 4.78 is 5.60. The SMILES string of the molecule is CC1Cc2cc(C(C)ON)ccc2O1. The van der Waals surface area contributed by atoms with Crippen LogP contribution >= 0.6 is 0 Å². The van der Waals surface area contributed by atoms with E-state index in [0.717, 1.165) is 17.7 Å². The summed E-state index contributed by atoms with van der Waals surface area (Å²) in [6, 6.07) is 6.09. The monoisotopic (exact) mass is 193 g/mol. The van der Waals surface area contributed by atoms with Crippen LogP contribution < -0.4 is 10.6 Å². The van der Waals surface area contributed by atoms with Crippen molar-refractivity contribution >= 4 is 0 Å². The van der Waals surface area contributed by atoms with Crippen molar-refractivity contribution in [2.45, 2.75) is 32.5 Å². The summed E-state index contributed by atoms with van der Waals surface area (Å²) in [6.45, 7) is 4.00. The molecule has 2 unspecified atom stereocenters. The highest BCUT2D eigenvalue weighted by atomic mass is 16.6. The fraction of sp³-hybridized carbons (Fsp3) is 0.455. The van der Waals surface area contributed by atoms with Gasteiger partial charge in [-0.1, -0.05) is 6.07 Å². The average Bonchev–Trinajstić information content (AvgIpc) is 2.55. The zero-order chi connectivity index (χ0) is 10.1. The molecule has 2 rings (SSSR count). The maximum Gasteiger partial charge on any atom is 0.123 e. The van der Waals surface area contributed by atoms with Gasteiger partial charge < -0.3 is 4.74 Å². The van der Waals surface area contributed by atoms with Gasteiger partial charge in [0.2, 0.25) is 0 Å². The van der Waals surface area contributed by atoms with Gasteiger partial charge in [0, 0.05) is 6.42 Å². The van der Waals surface area contributed by atoms with Gasteiger partial charge in [-0.2, -0.15) is 0 Å². The van der Waals surface area contributed by atoms with Crippen LogP contribution in [0.3, 0.4) is 0 Å². The minimum absolute atomic E-state index is 0.0591. The Hall–Kier alpha value is -1.06. The number of hydrogen-bond acceptors (Lipinski definition) is 3. The predicted molar refractivity (Wildman–Crippen MR) is 53.9 cm³/mol. The maximum atomic E-state index is 5.60. The molecule has 1 aliphatic heterocycles. The molecule has 2 atom stereocenters. The summed E-state index contributed by atoms with van der Waals surface area (Å²) in [4.78, 5) is 4.78. The molecule has 0 fully saturated rings. The van der Waals surface area contributed by atoms with Crippen LogP contribution in [0.5, 0.6) is 5.75 Å². The lowest BCUT2D eigenvalue weighted by atomic mass is 10.0. The van der Waals surface area contributed by atoms with Crippen molar-refractivity contribution in [2.24, 2.45) is 5.90 Å². The van der Waals surface area contributed by atoms with Crippen LogP contribution in [0.15, 0.2) is 18.2 Å². The van der Waals surface area contributed by atoms with E-state index in [2.05, 4.69) is 13.0 Å². The maximum absolute atomic E-state index is 5.60. The van der Waals surface area contributed by atoms with E-state index in [1.54, 1.807) is 0 Å². The Balaban J connectivity index is 2.28. The second-order valence-corrected chi connectivity index (χ2v) is 3.78. The molecule has 1 aromatic rings. The zero-order valence-corrected chi connectivity index (χ0v) is 8.49. The molecule has 2 N–H and O–H groups in total. The molecule has 1 aliphatic rings. The Morgan fingerprint density at radius 3 is 3.07 bits per heavy atom. The Kier molecular flexibility index (Phi) is 2.44. The van der Waals surface area contributed by atoms with E-state index in [4.69, 9.17) is 15.5 Å². The van der Waals surface area contributed by atoms with E-state index in [1.807, 2.05) is 19.1 Å². The highest BCUT2D eigenvalue weighted by molar-refractivity contribution is 5.41. The molecule has 1 heterocycles. The fourth-order valence-corrected chi connectivity index (χ4v) is 1.77. The summed E-state index contributed by atoms with van der Waals surface area (Å²) in [5, 5.41) is 0. The lowest BCUT2D eigenvalue weighted by Crippen LogP contribution is -2.05. The van der Waals surface area contributed by atoms with Crippen molar-refractivity contribution in [2.75, 3.05) is 0 Å². The summed E-state index contributed by atoms with van der Waals surface area (Å²) in [5.41, 5.74) is 2.35. The molecule has 14 heavy (non-hydrogen) atoms. The number of fused-ring (bicyclic) bond motifs is 1. The first-order valence-corrected chi connectivity index (χ1v) is 4.85. The number of benzene rings is 1. The third-order valence-corrected chi connectivity index (χ3v) is 2.59. The highest BCUT2D eigenvalue weighted by Gasteiger charge is 2.19. The second-order valence-electron chi connectivity index (χ2n) is 3.78. The van der Waals surface area contributed by atoms with Crippen LogP contribution in [0, 0.1) is 0 Å². The van der Waals surface area contributed by atoms with E-state index in [9.17, 15) is 0 Å². The summed E-state index contributed by atoms with van der Waals surface area (Å²) in [6.07, 6.45) is 1.20. The molecule has 0 amide bonds. The van der Waals surface area contributed by atoms with E-state index >= 15 is 0 Å². The second kappa shape index (κ2) is 3.59. The van der Waals surface area contributed by atoms with Gasteiger partial charge in [0.15, 0.2) is 0 Å². The minimum atomic E-state index is -0.0591. The van der Waals surface area contributed by atoms with Gasteiger partial charge in [0.1, 0.15) is 18.0 Å². The molecule has 0 radical (unpaired) electrons. The smallest absolute Gasteiger partial charge is 0.123 e. The molecule has 0 bridgehead atoms. The Bertz CT molecular complexity index is 338. The molecule has 0 saturated heterocycles. The molecule has 0 aromatic heterocycles.